The summed E-state index contributed by atoms with van der Waals surface area (Å²) < 4.78 is 10.7. The van der Waals surface area contributed by atoms with Gasteiger partial charge in [0.1, 0.15) is 0 Å². The van der Waals surface area contributed by atoms with Crippen LogP contribution in [-0.4, -0.2) is 41.3 Å². The monoisotopic (exact) mass is 234 g/mol. The van der Waals surface area contributed by atoms with Crippen LogP contribution in [0.2, 0.25) is 0 Å². The van der Waals surface area contributed by atoms with Crippen molar-refractivity contribution >= 4 is 16.7 Å². The highest BCUT2D eigenvalue weighted by molar-refractivity contribution is 7.84. The zero-order chi connectivity index (χ0) is 11.7. The summed E-state index contributed by atoms with van der Waals surface area (Å²) in [6.45, 7) is 5.05. The maximum atomic E-state index is 11.4. The molecule has 0 aromatic heterocycles. The summed E-state index contributed by atoms with van der Waals surface area (Å²) in [7, 11) is -0.788. The van der Waals surface area contributed by atoms with Crippen LogP contribution in [0.15, 0.2) is 0 Å². The Labute approximate surface area is 94.7 Å². The van der Waals surface area contributed by atoms with Gasteiger partial charge in [-0.25, -0.2) is 0 Å². The maximum absolute atomic E-state index is 11.4. The lowest BCUT2D eigenvalue weighted by Crippen LogP contribution is -2.40. The van der Waals surface area contributed by atoms with Crippen molar-refractivity contribution < 1.29 is 9.00 Å². The van der Waals surface area contributed by atoms with Crippen LogP contribution in [0.25, 0.3) is 0 Å². The average Bonchev–Trinajstić information content (AvgIpc) is 2.20. The summed E-state index contributed by atoms with van der Waals surface area (Å²) in [5.74, 6) is 0.615. The quantitative estimate of drug-likeness (QED) is 0.592. The molecule has 0 heterocycles. The first kappa shape index (κ1) is 14.6. The second kappa shape index (κ2) is 8.85. The Balaban J connectivity index is 3.52. The van der Waals surface area contributed by atoms with Gasteiger partial charge in [0.25, 0.3) is 0 Å². The molecule has 0 fully saturated rings. The van der Waals surface area contributed by atoms with Gasteiger partial charge in [0, 0.05) is 35.4 Å². The molecule has 1 unspecified atom stereocenters. The smallest absolute Gasteiger partial charge is 0.234 e. The molecule has 0 aliphatic heterocycles. The highest BCUT2D eigenvalue weighted by Crippen LogP contribution is 1.94. The Morgan fingerprint density at radius 1 is 1.33 bits per heavy atom. The summed E-state index contributed by atoms with van der Waals surface area (Å²) in [4.78, 5) is 11.4. The lowest BCUT2D eigenvalue weighted by molar-refractivity contribution is -0.120. The van der Waals surface area contributed by atoms with Crippen molar-refractivity contribution in [3.8, 4) is 0 Å². The molecule has 0 aromatic rings. The number of amides is 1. The van der Waals surface area contributed by atoms with Crippen LogP contribution in [0, 0.1) is 0 Å². The first-order valence-electron chi connectivity index (χ1n) is 5.40. The lowest BCUT2D eigenvalue weighted by atomic mass is 10.2. The van der Waals surface area contributed by atoms with Gasteiger partial charge in [0.15, 0.2) is 0 Å². The first-order valence-corrected chi connectivity index (χ1v) is 7.12. The number of rotatable bonds is 8. The molecule has 0 aliphatic carbocycles. The summed E-state index contributed by atoms with van der Waals surface area (Å²) in [5.41, 5.74) is 0. The van der Waals surface area contributed by atoms with Crippen LogP contribution in [0.4, 0.5) is 0 Å². The first-order chi connectivity index (χ1) is 7.10. The van der Waals surface area contributed by atoms with Gasteiger partial charge in [-0.05, 0) is 12.8 Å². The van der Waals surface area contributed by atoms with Crippen LogP contribution in [-0.2, 0) is 15.6 Å². The summed E-state index contributed by atoms with van der Waals surface area (Å²) in [5, 5.41) is 5.89. The molecule has 5 heteroatoms. The van der Waals surface area contributed by atoms with Crippen LogP contribution in [0.3, 0.4) is 0 Å². The van der Waals surface area contributed by atoms with Crippen molar-refractivity contribution in [2.45, 2.75) is 32.7 Å². The predicted molar refractivity (Wildman–Crippen MR) is 64.3 cm³/mol. The zero-order valence-corrected chi connectivity index (χ0v) is 10.7. The minimum atomic E-state index is -0.788. The molecular formula is C10H22N2O2S. The van der Waals surface area contributed by atoms with Crippen molar-refractivity contribution in [2.24, 2.45) is 0 Å². The highest BCUT2D eigenvalue weighted by Gasteiger charge is 2.07. The van der Waals surface area contributed by atoms with E-state index in [1.54, 1.807) is 6.26 Å². The summed E-state index contributed by atoms with van der Waals surface area (Å²) in [6.07, 6.45) is 3.58. The average molecular weight is 234 g/mol. The maximum Gasteiger partial charge on any atom is 0.234 e. The van der Waals surface area contributed by atoms with Crippen molar-refractivity contribution in [1.29, 1.82) is 0 Å². The molecule has 0 aliphatic rings. The molecule has 4 nitrogen and oxygen atoms in total. The molecule has 0 radical (unpaired) electrons. The third-order valence-electron chi connectivity index (χ3n) is 2.20. The van der Waals surface area contributed by atoms with Crippen molar-refractivity contribution in [1.82, 2.24) is 10.6 Å². The van der Waals surface area contributed by atoms with Gasteiger partial charge < -0.3 is 10.6 Å². The highest BCUT2D eigenvalue weighted by atomic mass is 32.2. The van der Waals surface area contributed by atoms with E-state index in [0.29, 0.717) is 18.8 Å². The normalized spacial score (nSPS) is 12.8. The van der Waals surface area contributed by atoms with Gasteiger partial charge in [-0.15, -0.1) is 0 Å². The van der Waals surface area contributed by atoms with Crippen LogP contribution in [0.5, 0.6) is 0 Å². The minimum absolute atomic E-state index is 0.0191. The standard InChI is InChI=1S/C10H22N2O2S/c1-4-9(5-2)12-10(13)8-11-6-7-15(3)14/h9,11H,4-8H2,1-3H3,(H,12,13). The number of carbonyl (C=O) groups is 1. The molecule has 0 spiro atoms. The van der Waals surface area contributed by atoms with Crippen molar-refractivity contribution in [3.63, 3.8) is 0 Å². The van der Waals surface area contributed by atoms with Gasteiger partial charge in [0.05, 0.1) is 6.54 Å². The Hall–Kier alpha value is -0.420. The Kier molecular flexibility index (Phi) is 8.61. The van der Waals surface area contributed by atoms with Gasteiger partial charge in [-0.3, -0.25) is 9.00 Å². The molecule has 0 aromatic carbocycles. The fourth-order valence-corrected chi connectivity index (χ4v) is 1.62. The molecule has 0 bridgehead atoms. The Bertz CT molecular complexity index is 206. The fourth-order valence-electron chi connectivity index (χ4n) is 1.19. The molecule has 15 heavy (non-hydrogen) atoms. The largest absolute Gasteiger partial charge is 0.352 e. The van der Waals surface area contributed by atoms with Gasteiger partial charge >= 0.3 is 0 Å². The van der Waals surface area contributed by atoms with E-state index in [4.69, 9.17) is 0 Å². The fraction of sp³-hybridized carbons (Fsp3) is 0.900. The SMILES string of the molecule is CCC(CC)NC(=O)CNCCS(C)=O. The number of hydrogen-bond donors (Lipinski definition) is 2. The Morgan fingerprint density at radius 3 is 2.40 bits per heavy atom. The van der Waals surface area contributed by atoms with E-state index in [1.165, 1.54) is 0 Å². The van der Waals surface area contributed by atoms with E-state index in [9.17, 15) is 9.00 Å². The lowest BCUT2D eigenvalue weighted by Gasteiger charge is -2.14. The second-order valence-electron chi connectivity index (χ2n) is 3.54. The van der Waals surface area contributed by atoms with E-state index < -0.39 is 10.8 Å². The topological polar surface area (TPSA) is 58.2 Å². The number of nitrogens with one attached hydrogen (secondary N) is 2. The van der Waals surface area contributed by atoms with Gasteiger partial charge in [-0.2, -0.15) is 0 Å². The van der Waals surface area contributed by atoms with E-state index in [0.717, 1.165) is 12.8 Å². The van der Waals surface area contributed by atoms with E-state index >= 15 is 0 Å². The van der Waals surface area contributed by atoms with E-state index in [1.807, 2.05) is 0 Å². The molecule has 0 saturated heterocycles. The molecule has 1 amide bonds. The zero-order valence-electron chi connectivity index (χ0n) is 9.84. The number of carbonyl (C=O) groups excluding carboxylic acids is 1. The van der Waals surface area contributed by atoms with Gasteiger partial charge in [-0.1, -0.05) is 13.8 Å². The number of hydrogen-bond acceptors (Lipinski definition) is 3. The Morgan fingerprint density at radius 2 is 1.93 bits per heavy atom. The minimum Gasteiger partial charge on any atom is -0.352 e. The molecule has 0 rings (SSSR count). The second-order valence-corrected chi connectivity index (χ2v) is 5.09. The summed E-state index contributed by atoms with van der Waals surface area (Å²) >= 11 is 0. The molecule has 0 saturated carbocycles. The van der Waals surface area contributed by atoms with Crippen LogP contribution >= 0.6 is 0 Å². The molecule has 2 N–H and O–H groups in total. The molecular weight excluding hydrogens is 212 g/mol. The van der Waals surface area contributed by atoms with Crippen LogP contribution in [0.1, 0.15) is 26.7 Å². The molecule has 1 atom stereocenters. The predicted octanol–water partition coefficient (Wildman–Crippen LogP) is 0.259. The summed E-state index contributed by atoms with van der Waals surface area (Å²) in [6, 6.07) is 0.277. The third-order valence-corrected chi connectivity index (χ3v) is 2.98. The van der Waals surface area contributed by atoms with E-state index in [2.05, 4.69) is 24.5 Å². The molecule has 90 valence electrons. The van der Waals surface area contributed by atoms with Crippen molar-refractivity contribution in [2.75, 3.05) is 25.1 Å². The van der Waals surface area contributed by atoms with Gasteiger partial charge in [0.2, 0.25) is 5.91 Å². The van der Waals surface area contributed by atoms with Crippen LogP contribution < -0.4 is 10.6 Å². The third kappa shape index (κ3) is 8.57. The van der Waals surface area contributed by atoms with E-state index in [-0.39, 0.29) is 11.9 Å². The van der Waals surface area contributed by atoms with Crippen molar-refractivity contribution in [3.05, 3.63) is 0 Å².